The van der Waals surface area contributed by atoms with Crippen molar-refractivity contribution < 1.29 is 28.0 Å². The fourth-order valence-electron chi connectivity index (χ4n) is 4.97. The van der Waals surface area contributed by atoms with Crippen molar-refractivity contribution in [2.45, 2.75) is 43.8 Å². The average Bonchev–Trinajstić information content (AvgIpc) is 3.05. The maximum atomic E-state index is 15.0. The lowest BCUT2D eigenvalue weighted by atomic mass is 10.0. The Kier molecular flexibility index (Phi) is 3.95. The molecule has 3 fully saturated rings. The third-order valence-corrected chi connectivity index (χ3v) is 6.23. The number of hydrogen-bond acceptors (Lipinski definition) is 6. The number of anilines is 1. The molecule has 1 aromatic carbocycles. The Morgan fingerprint density at radius 1 is 0.897 bits per heavy atom. The van der Waals surface area contributed by atoms with Gasteiger partial charge in [-0.2, -0.15) is 0 Å². The molecule has 0 saturated carbocycles. The van der Waals surface area contributed by atoms with Gasteiger partial charge in [0.15, 0.2) is 0 Å². The molecule has 4 aliphatic rings. The summed E-state index contributed by atoms with van der Waals surface area (Å²) in [6.07, 6.45) is 1.49. The Hall–Kier alpha value is -2.88. The van der Waals surface area contributed by atoms with Gasteiger partial charge in [-0.1, -0.05) is 0 Å². The van der Waals surface area contributed by atoms with E-state index in [2.05, 4.69) is 10.6 Å². The molecule has 152 valence electrons. The summed E-state index contributed by atoms with van der Waals surface area (Å²) in [5.74, 6) is -5.19. The highest BCUT2D eigenvalue weighted by atomic mass is 19.1. The van der Waals surface area contributed by atoms with Gasteiger partial charge in [0.1, 0.15) is 17.7 Å². The molecule has 2 bridgehead atoms. The first kappa shape index (κ1) is 18.2. The van der Waals surface area contributed by atoms with Crippen LogP contribution in [-0.4, -0.2) is 59.7 Å². The van der Waals surface area contributed by atoms with Gasteiger partial charge in [-0.25, -0.2) is 8.78 Å². The molecular weight excluding hydrogens is 386 g/mol. The zero-order chi connectivity index (χ0) is 20.4. The number of carbonyl (C=O) groups excluding carboxylic acids is 4. The van der Waals surface area contributed by atoms with E-state index in [-0.39, 0.29) is 36.2 Å². The molecule has 0 spiro atoms. The van der Waals surface area contributed by atoms with Gasteiger partial charge < -0.3 is 10.2 Å². The molecule has 8 nitrogen and oxygen atoms in total. The Balaban J connectivity index is 1.62. The van der Waals surface area contributed by atoms with E-state index in [0.29, 0.717) is 24.1 Å². The van der Waals surface area contributed by atoms with E-state index in [1.807, 2.05) is 0 Å². The van der Waals surface area contributed by atoms with Crippen molar-refractivity contribution in [3.63, 3.8) is 0 Å². The molecule has 0 aromatic heterocycles. The minimum absolute atomic E-state index is 0.0462. The summed E-state index contributed by atoms with van der Waals surface area (Å²) in [7, 11) is 0. The molecule has 2 N–H and O–H groups in total. The number of fused-ring (bicyclic) bond motifs is 3. The summed E-state index contributed by atoms with van der Waals surface area (Å²) in [6.45, 7) is 1.20. The fraction of sp³-hybridized carbons (Fsp3) is 0.474. The number of rotatable bonds is 2. The Labute approximate surface area is 164 Å². The van der Waals surface area contributed by atoms with Crippen LogP contribution < -0.4 is 15.5 Å². The summed E-state index contributed by atoms with van der Waals surface area (Å²) in [6, 6.07) is -0.722. The van der Waals surface area contributed by atoms with E-state index in [0.717, 1.165) is 12.8 Å². The number of piperidine rings is 1. The summed E-state index contributed by atoms with van der Waals surface area (Å²) in [5.41, 5.74) is -0.895. The lowest BCUT2D eigenvalue weighted by Crippen LogP contribution is -2.54. The first-order valence-corrected chi connectivity index (χ1v) is 9.61. The molecule has 4 amide bonds. The minimum atomic E-state index is -1.23. The van der Waals surface area contributed by atoms with Crippen molar-refractivity contribution in [1.29, 1.82) is 0 Å². The SMILES string of the molecule is O=C1CCC(N2C(=O)c3c(F)cc(F)c(N4[C@@H]5CC[C@H]4CNC5)c3C2=O)C(=O)N1. The van der Waals surface area contributed by atoms with Crippen LogP contribution in [0.1, 0.15) is 46.4 Å². The summed E-state index contributed by atoms with van der Waals surface area (Å²) in [5, 5.41) is 5.34. The number of nitrogens with zero attached hydrogens (tertiary/aromatic N) is 2. The first-order chi connectivity index (χ1) is 13.9. The van der Waals surface area contributed by atoms with Crippen LogP contribution in [0.5, 0.6) is 0 Å². The summed E-state index contributed by atoms with van der Waals surface area (Å²) in [4.78, 5) is 52.2. The topological polar surface area (TPSA) is 98.8 Å². The minimum Gasteiger partial charge on any atom is -0.360 e. The predicted molar refractivity (Wildman–Crippen MR) is 95.2 cm³/mol. The highest BCUT2D eigenvalue weighted by molar-refractivity contribution is 6.25. The number of nitrogens with one attached hydrogen (secondary N) is 2. The van der Waals surface area contributed by atoms with Crippen LogP contribution in [-0.2, 0) is 9.59 Å². The molecule has 1 aromatic rings. The largest absolute Gasteiger partial charge is 0.360 e. The molecule has 3 atom stereocenters. The third kappa shape index (κ3) is 2.51. The molecule has 1 unspecified atom stereocenters. The normalized spacial score (nSPS) is 28.8. The monoisotopic (exact) mass is 404 g/mol. The van der Waals surface area contributed by atoms with Gasteiger partial charge in [-0.15, -0.1) is 0 Å². The number of benzene rings is 1. The quantitative estimate of drug-likeness (QED) is 0.689. The lowest BCUT2D eigenvalue weighted by molar-refractivity contribution is -0.136. The molecule has 5 rings (SSSR count). The van der Waals surface area contributed by atoms with E-state index in [1.165, 1.54) is 0 Å². The van der Waals surface area contributed by atoms with Gasteiger partial charge in [0.25, 0.3) is 11.8 Å². The molecule has 3 saturated heterocycles. The van der Waals surface area contributed by atoms with Crippen LogP contribution in [0, 0.1) is 11.6 Å². The van der Waals surface area contributed by atoms with Gasteiger partial charge in [-0.3, -0.25) is 29.4 Å². The Morgan fingerprint density at radius 3 is 2.21 bits per heavy atom. The second kappa shape index (κ2) is 6.31. The second-order valence-corrected chi connectivity index (χ2v) is 7.84. The maximum absolute atomic E-state index is 15.0. The summed E-state index contributed by atoms with van der Waals surface area (Å²) < 4.78 is 29.6. The molecular formula is C19H18F2N4O4. The number of carbonyl (C=O) groups is 4. The van der Waals surface area contributed by atoms with Gasteiger partial charge in [0.2, 0.25) is 11.8 Å². The van der Waals surface area contributed by atoms with Crippen molar-refractivity contribution in [2.24, 2.45) is 0 Å². The standard InChI is InChI=1S/C19H18F2N4O4/c20-10-5-11(21)16(24-8-1-2-9(24)7-22-6-8)15-14(10)18(28)25(19(15)29)12-3-4-13(26)23-17(12)27/h5,8-9,12,22H,1-4,6-7H2,(H,23,26,27)/t8-,9+,12?. The molecule has 29 heavy (non-hydrogen) atoms. The number of amides is 4. The summed E-state index contributed by atoms with van der Waals surface area (Å²) >= 11 is 0. The number of halogens is 2. The average molecular weight is 404 g/mol. The molecule has 4 aliphatic heterocycles. The van der Waals surface area contributed by atoms with E-state index in [1.54, 1.807) is 4.90 Å². The van der Waals surface area contributed by atoms with E-state index in [9.17, 15) is 28.0 Å². The van der Waals surface area contributed by atoms with Crippen LogP contribution >= 0.6 is 0 Å². The van der Waals surface area contributed by atoms with Gasteiger partial charge >= 0.3 is 0 Å². The Morgan fingerprint density at radius 2 is 1.55 bits per heavy atom. The van der Waals surface area contributed by atoms with Crippen molar-refractivity contribution in [3.05, 3.63) is 28.8 Å². The first-order valence-electron chi connectivity index (χ1n) is 9.61. The van der Waals surface area contributed by atoms with Crippen molar-refractivity contribution in [1.82, 2.24) is 15.5 Å². The van der Waals surface area contributed by atoms with Crippen LogP contribution in [0.4, 0.5) is 14.5 Å². The fourth-order valence-corrected chi connectivity index (χ4v) is 4.97. The smallest absolute Gasteiger partial charge is 0.265 e. The van der Waals surface area contributed by atoms with Crippen LogP contribution in [0.3, 0.4) is 0 Å². The van der Waals surface area contributed by atoms with E-state index >= 15 is 0 Å². The zero-order valence-electron chi connectivity index (χ0n) is 15.3. The zero-order valence-corrected chi connectivity index (χ0v) is 15.3. The van der Waals surface area contributed by atoms with Crippen LogP contribution in [0.25, 0.3) is 0 Å². The molecule has 0 radical (unpaired) electrons. The van der Waals surface area contributed by atoms with Crippen molar-refractivity contribution in [2.75, 3.05) is 18.0 Å². The second-order valence-electron chi connectivity index (χ2n) is 7.84. The third-order valence-electron chi connectivity index (χ3n) is 6.23. The molecule has 0 aliphatic carbocycles. The lowest BCUT2D eigenvalue weighted by Gasteiger charge is -2.38. The van der Waals surface area contributed by atoms with Crippen molar-refractivity contribution >= 4 is 29.3 Å². The Bertz CT molecular complexity index is 965. The van der Waals surface area contributed by atoms with E-state index < -0.39 is 46.9 Å². The van der Waals surface area contributed by atoms with Gasteiger partial charge in [0, 0.05) is 37.7 Å². The number of imide groups is 2. The van der Waals surface area contributed by atoms with Crippen molar-refractivity contribution in [3.8, 4) is 0 Å². The highest BCUT2D eigenvalue weighted by Crippen LogP contribution is 2.42. The van der Waals surface area contributed by atoms with Gasteiger partial charge in [0.05, 0.1) is 16.8 Å². The maximum Gasteiger partial charge on any atom is 0.265 e. The van der Waals surface area contributed by atoms with Gasteiger partial charge in [-0.05, 0) is 19.3 Å². The number of piperazine rings is 1. The molecule has 4 heterocycles. The van der Waals surface area contributed by atoms with E-state index in [4.69, 9.17) is 0 Å². The van der Waals surface area contributed by atoms with Crippen LogP contribution in [0.15, 0.2) is 6.07 Å². The molecule has 10 heteroatoms. The predicted octanol–water partition coefficient (Wildman–Crippen LogP) is 0.307. The highest BCUT2D eigenvalue weighted by Gasteiger charge is 2.50. The van der Waals surface area contributed by atoms with Crippen LogP contribution in [0.2, 0.25) is 0 Å². The number of hydrogen-bond donors (Lipinski definition) is 2.